The van der Waals surface area contributed by atoms with Crippen LogP contribution in [-0.4, -0.2) is 13.1 Å². The molecule has 21 heavy (non-hydrogen) atoms. The van der Waals surface area contributed by atoms with Crippen LogP contribution in [0.4, 0.5) is 0 Å². The highest BCUT2D eigenvalue weighted by atomic mass is 16.5. The summed E-state index contributed by atoms with van der Waals surface area (Å²) in [4.78, 5) is 11.8. The van der Waals surface area contributed by atoms with Crippen molar-refractivity contribution in [1.82, 2.24) is 0 Å². The SMILES string of the molecule is COc1ccc(C2=CC(=O)OC(c3ccccc3)C2)cc1. The minimum absolute atomic E-state index is 0.221. The number of cyclic esters (lactones) is 1. The molecule has 0 aliphatic carbocycles. The molecular formula is C18H16O3. The van der Waals surface area contributed by atoms with Gasteiger partial charge in [0.05, 0.1) is 7.11 Å². The Hall–Kier alpha value is -2.55. The zero-order chi connectivity index (χ0) is 14.7. The third-order valence-electron chi connectivity index (χ3n) is 3.59. The number of benzene rings is 2. The van der Waals surface area contributed by atoms with Crippen LogP contribution >= 0.6 is 0 Å². The van der Waals surface area contributed by atoms with E-state index in [0.29, 0.717) is 6.42 Å². The van der Waals surface area contributed by atoms with Crippen LogP contribution in [0.25, 0.3) is 5.57 Å². The summed E-state index contributed by atoms with van der Waals surface area (Å²) in [5.74, 6) is 0.512. The van der Waals surface area contributed by atoms with E-state index in [4.69, 9.17) is 9.47 Å². The molecule has 2 aromatic carbocycles. The monoisotopic (exact) mass is 280 g/mol. The molecule has 0 aromatic heterocycles. The van der Waals surface area contributed by atoms with E-state index in [9.17, 15) is 4.79 Å². The standard InChI is InChI=1S/C18H16O3/c1-20-16-9-7-13(8-10-16)15-11-17(21-18(19)12-15)14-5-3-2-4-6-14/h2-10,12,17H,11H2,1H3. The van der Waals surface area contributed by atoms with Gasteiger partial charge in [0.25, 0.3) is 0 Å². The molecule has 0 fully saturated rings. The molecule has 3 nitrogen and oxygen atoms in total. The van der Waals surface area contributed by atoms with Crippen molar-refractivity contribution in [2.24, 2.45) is 0 Å². The maximum absolute atomic E-state index is 11.8. The average Bonchev–Trinajstić information content (AvgIpc) is 2.55. The second kappa shape index (κ2) is 5.83. The molecule has 0 spiro atoms. The van der Waals surface area contributed by atoms with Gasteiger partial charge in [0.2, 0.25) is 0 Å². The van der Waals surface area contributed by atoms with Gasteiger partial charge >= 0.3 is 5.97 Å². The van der Waals surface area contributed by atoms with Gasteiger partial charge in [-0.15, -0.1) is 0 Å². The first-order valence-corrected chi connectivity index (χ1v) is 6.87. The lowest BCUT2D eigenvalue weighted by atomic mass is 9.94. The van der Waals surface area contributed by atoms with Gasteiger partial charge in [-0.05, 0) is 28.8 Å². The van der Waals surface area contributed by atoms with E-state index in [2.05, 4.69) is 0 Å². The zero-order valence-electron chi connectivity index (χ0n) is 11.8. The first-order chi connectivity index (χ1) is 10.3. The smallest absolute Gasteiger partial charge is 0.331 e. The highest BCUT2D eigenvalue weighted by Crippen LogP contribution is 2.34. The van der Waals surface area contributed by atoms with Gasteiger partial charge in [0.15, 0.2) is 0 Å². The van der Waals surface area contributed by atoms with E-state index in [1.807, 2.05) is 54.6 Å². The van der Waals surface area contributed by atoms with Crippen molar-refractivity contribution in [2.45, 2.75) is 12.5 Å². The third-order valence-corrected chi connectivity index (χ3v) is 3.59. The van der Waals surface area contributed by atoms with Crippen molar-refractivity contribution in [3.05, 3.63) is 71.8 Å². The Balaban J connectivity index is 1.86. The summed E-state index contributed by atoms with van der Waals surface area (Å²) in [5, 5.41) is 0. The molecule has 106 valence electrons. The Morgan fingerprint density at radius 2 is 1.76 bits per heavy atom. The molecule has 1 heterocycles. The van der Waals surface area contributed by atoms with Gasteiger partial charge in [0.1, 0.15) is 11.9 Å². The Morgan fingerprint density at radius 3 is 2.43 bits per heavy atom. The number of methoxy groups -OCH3 is 1. The number of carbonyl (C=O) groups excluding carboxylic acids is 1. The molecule has 0 N–H and O–H groups in total. The molecule has 1 unspecified atom stereocenters. The molecule has 0 saturated heterocycles. The van der Waals surface area contributed by atoms with Crippen molar-refractivity contribution in [3.63, 3.8) is 0 Å². The maximum atomic E-state index is 11.8. The van der Waals surface area contributed by atoms with Crippen molar-refractivity contribution >= 4 is 11.5 Å². The summed E-state index contributed by atoms with van der Waals surface area (Å²) in [6.07, 6.45) is 2.03. The molecule has 0 saturated carbocycles. The van der Waals surface area contributed by atoms with Crippen molar-refractivity contribution < 1.29 is 14.3 Å². The zero-order valence-corrected chi connectivity index (χ0v) is 11.8. The summed E-state index contributed by atoms with van der Waals surface area (Å²) in [5.41, 5.74) is 3.03. The number of hydrogen-bond acceptors (Lipinski definition) is 3. The summed E-state index contributed by atoms with van der Waals surface area (Å²) < 4.78 is 10.6. The Kier molecular flexibility index (Phi) is 3.73. The predicted octanol–water partition coefficient (Wildman–Crippen LogP) is 3.77. The maximum Gasteiger partial charge on any atom is 0.331 e. The van der Waals surface area contributed by atoms with Crippen LogP contribution in [0.5, 0.6) is 5.75 Å². The first kappa shape index (κ1) is 13.4. The van der Waals surface area contributed by atoms with Crippen LogP contribution in [0.15, 0.2) is 60.7 Å². The quantitative estimate of drug-likeness (QED) is 0.803. The minimum atomic E-state index is -0.291. The highest BCUT2D eigenvalue weighted by molar-refractivity contribution is 5.93. The van der Waals surface area contributed by atoms with Crippen LogP contribution in [-0.2, 0) is 9.53 Å². The van der Waals surface area contributed by atoms with Gasteiger partial charge in [-0.25, -0.2) is 4.79 Å². The van der Waals surface area contributed by atoms with Crippen LogP contribution in [0.1, 0.15) is 23.7 Å². The fourth-order valence-corrected chi connectivity index (χ4v) is 2.48. The predicted molar refractivity (Wildman–Crippen MR) is 80.9 cm³/mol. The average molecular weight is 280 g/mol. The number of rotatable bonds is 3. The van der Waals surface area contributed by atoms with Gasteiger partial charge in [0, 0.05) is 12.5 Å². The second-order valence-electron chi connectivity index (χ2n) is 4.94. The third kappa shape index (κ3) is 2.97. The topological polar surface area (TPSA) is 35.5 Å². The molecule has 2 aromatic rings. The van der Waals surface area contributed by atoms with Crippen molar-refractivity contribution in [1.29, 1.82) is 0 Å². The first-order valence-electron chi connectivity index (χ1n) is 6.87. The lowest BCUT2D eigenvalue weighted by Gasteiger charge is -2.23. The van der Waals surface area contributed by atoms with E-state index in [0.717, 1.165) is 22.4 Å². The van der Waals surface area contributed by atoms with E-state index < -0.39 is 0 Å². The largest absolute Gasteiger partial charge is 0.497 e. The van der Waals surface area contributed by atoms with Crippen molar-refractivity contribution in [2.75, 3.05) is 7.11 Å². The molecule has 0 bridgehead atoms. The highest BCUT2D eigenvalue weighted by Gasteiger charge is 2.23. The molecular weight excluding hydrogens is 264 g/mol. The summed E-state index contributed by atoms with van der Waals surface area (Å²) >= 11 is 0. The lowest BCUT2D eigenvalue weighted by molar-refractivity contribution is -0.144. The molecule has 1 aliphatic heterocycles. The van der Waals surface area contributed by atoms with Crippen molar-refractivity contribution in [3.8, 4) is 5.75 Å². The van der Waals surface area contributed by atoms with Crippen LogP contribution in [0.2, 0.25) is 0 Å². The van der Waals surface area contributed by atoms with Crippen LogP contribution < -0.4 is 4.74 Å². The molecule has 1 aliphatic rings. The number of carbonyl (C=O) groups is 1. The van der Waals surface area contributed by atoms with Crippen LogP contribution in [0.3, 0.4) is 0 Å². The summed E-state index contributed by atoms with van der Waals surface area (Å²) in [7, 11) is 1.64. The molecule has 3 heteroatoms. The van der Waals surface area contributed by atoms with Crippen LogP contribution in [0, 0.1) is 0 Å². The molecule has 3 rings (SSSR count). The van der Waals surface area contributed by atoms with Gasteiger partial charge < -0.3 is 9.47 Å². The normalized spacial score (nSPS) is 17.9. The molecule has 0 radical (unpaired) electrons. The number of esters is 1. The second-order valence-corrected chi connectivity index (χ2v) is 4.94. The van der Waals surface area contributed by atoms with Gasteiger partial charge in [-0.1, -0.05) is 42.5 Å². The fraction of sp³-hybridized carbons (Fsp3) is 0.167. The van der Waals surface area contributed by atoms with E-state index in [1.54, 1.807) is 13.2 Å². The van der Waals surface area contributed by atoms with Gasteiger partial charge in [-0.2, -0.15) is 0 Å². The number of hydrogen-bond donors (Lipinski definition) is 0. The Labute approximate surface area is 123 Å². The lowest BCUT2D eigenvalue weighted by Crippen LogP contribution is -2.15. The minimum Gasteiger partial charge on any atom is -0.497 e. The Bertz CT molecular complexity index is 657. The summed E-state index contributed by atoms with van der Waals surface area (Å²) in [6, 6.07) is 17.5. The molecule has 0 amide bonds. The summed E-state index contributed by atoms with van der Waals surface area (Å²) in [6.45, 7) is 0. The van der Waals surface area contributed by atoms with E-state index in [1.165, 1.54) is 0 Å². The molecule has 1 atom stereocenters. The van der Waals surface area contributed by atoms with Gasteiger partial charge in [-0.3, -0.25) is 0 Å². The van der Waals surface area contributed by atoms with E-state index in [-0.39, 0.29) is 12.1 Å². The van der Waals surface area contributed by atoms with E-state index >= 15 is 0 Å². The number of ether oxygens (including phenoxy) is 2. The fourth-order valence-electron chi connectivity index (χ4n) is 2.48. The Morgan fingerprint density at radius 1 is 1.05 bits per heavy atom.